The molecular formula is C14H18N2O. The Bertz CT molecular complexity index is 450. The summed E-state index contributed by atoms with van der Waals surface area (Å²) in [6.07, 6.45) is 5.84. The fourth-order valence-corrected chi connectivity index (χ4v) is 1.97. The standard InChI is InChI=1S/C14H18N2O/c1-16-11-10-15-14(16)13(17)9-5-8-12-6-3-2-4-7-12/h2-4,6-7,10-11,13,17H,5,8-9H2,1H3. The van der Waals surface area contributed by atoms with Crippen LogP contribution in [0, 0.1) is 0 Å². The SMILES string of the molecule is Cn1ccnc1C(O)CCCc1ccccc1. The topological polar surface area (TPSA) is 38.0 Å². The molecule has 0 spiro atoms. The monoisotopic (exact) mass is 230 g/mol. The predicted molar refractivity (Wildman–Crippen MR) is 67.5 cm³/mol. The maximum Gasteiger partial charge on any atom is 0.137 e. The fraction of sp³-hybridized carbons (Fsp3) is 0.357. The van der Waals surface area contributed by atoms with Crippen molar-refractivity contribution in [3.05, 3.63) is 54.1 Å². The third-order valence-corrected chi connectivity index (χ3v) is 2.94. The van der Waals surface area contributed by atoms with Crippen LogP contribution >= 0.6 is 0 Å². The van der Waals surface area contributed by atoms with Crippen LogP contribution in [0.25, 0.3) is 0 Å². The number of aliphatic hydroxyl groups excluding tert-OH is 1. The summed E-state index contributed by atoms with van der Waals surface area (Å²) in [5.41, 5.74) is 1.32. The van der Waals surface area contributed by atoms with E-state index in [9.17, 15) is 5.11 Å². The number of aliphatic hydroxyl groups is 1. The Labute approximate surface area is 102 Å². The second-order valence-electron chi connectivity index (χ2n) is 4.29. The van der Waals surface area contributed by atoms with Crippen molar-refractivity contribution in [2.24, 2.45) is 7.05 Å². The van der Waals surface area contributed by atoms with Crippen LogP contribution in [0.1, 0.15) is 30.3 Å². The molecule has 0 amide bonds. The Morgan fingerprint density at radius 2 is 2.06 bits per heavy atom. The molecule has 0 saturated heterocycles. The Morgan fingerprint density at radius 1 is 1.29 bits per heavy atom. The number of hydrogen-bond acceptors (Lipinski definition) is 2. The Balaban J connectivity index is 1.81. The fourth-order valence-electron chi connectivity index (χ4n) is 1.97. The van der Waals surface area contributed by atoms with Gasteiger partial charge >= 0.3 is 0 Å². The van der Waals surface area contributed by atoms with Crippen LogP contribution in [0.2, 0.25) is 0 Å². The van der Waals surface area contributed by atoms with Crippen molar-refractivity contribution >= 4 is 0 Å². The Hall–Kier alpha value is -1.61. The summed E-state index contributed by atoms with van der Waals surface area (Å²) in [5, 5.41) is 9.98. The zero-order chi connectivity index (χ0) is 12.1. The van der Waals surface area contributed by atoms with Gasteiger partial charge in [-0.2, -0.15) is 0 Å². The molecule has 1 N–H and O–H groups in total. The number of aryl methyl sites for hydroxylation is 2. The van der Waals surface area contributed by atoms with E-state index in [1.54, 1.807) is 6.20 Å². The summed E-state index contributed by atoms with van der Waals surface area (Å²) in [7, 11) is 1.91. The highest BCUT2D eigenvalue weighted by atomic mass is 16.3. The zero-order valence-electron chi connectivity index (χ0n) is 10.1. The van der Waals surface area contributed by atoms with Crippen LogP contribution in [0.3, 0.4) is 0 Å². The van der Waals surface area contributed by atoms with E-state index >= 15 is 0 Å². The average Bonchev–Trinajstić information content (AvgIpc) is 2.77. The molecule has 3 heteroatoms. The molecule has 1 unspecified atom stereocenters. The largest absolute Gasteiger partial charge is 0.385 e. The van der Waals surface area contributed by atoms with Gasteiger partial charge in [-0.15, -0.1) is 0 Å². The first-order chi connectivity index (χ1) is 8.27. The van der Waals surface area contributed by atoms with E-state index in [1.807, 2.05) is 36.0 Å². The van der Waals surface area contributed by atoms with Crippen molar-refractivity contribution in [1.29, 1.82) is 0 Å². The summed E-state index contributed by atoms with van der Waals surface area (Å²) >= 11 is 0. The van der Waals surface area contributed by atoms with E-state index in [-0.39, 0.29) is 0 Å². The minimum Gasteiger partial charge on any atom is -0.385 e. The second-order valence-corrected chi connectivity index (χ2v) is 4.29. The summed E-state index contributed by atoms with van der Waals surface area (Å²) in [4.78, 5) is 4.15. The van der Waals surface area contributed by atoms with Crippen LogP contribution < -0.4 is 0 Å². The van der Waals surface area contributed by atoms with Crippen molar-refractivity contribution in [3.63, 3.8) is 0 Å². The van der Waals surface area contributed by atoms with Gasteiger partial charge in [0.15, 0.2) is 0 Å². The quantitative estimate of drug-likeness (QED) is 0.857. The van der Waals surface area contributed by atoms with Crippen molar-refractivity contribution in [2.45, 2.75) is 25.4 Å². The molecule has 1 heterocycles. The Morgan fingerprint density at radius 3 is 2.71 bits per heavy atom. The lowest BCUT2D eigenvalue weighted by atomic mass is 10.1. The smallest absolute Gasteiger partial charge is 0.137 e. The lowest BCUT2D eigenvalue weighted by Gasteiger charge is -2.10. The number of benzene rings is 1. The summed E-state index contributed by atoms with van der Waals surface area (Å²) in [6.45, 7) is 0. The van der Waals surface area contributed by atoms with Crippen LogP contribution in [-0.4, -0.2) is 14.7 Å². The first kappa shape index (κ1) is 11.9. The lowest BCUT2D eigenvalue weighted by molar-refractivity contribution is 0.152. The molecule has 2 aromatic rings. The van der Waals surface area contributed by atoms with Gasteiger partial charge in [0.25, 0.3) is 0 Å². The van der Waals surface area contributed by atoms with Crippen molar-refractivity contribution in [2.75, 3.05) is 0 Å². The second kappa shape index (κ2) is 5.64. The summed E-state index contributed by atoms with van der Waals surface area (Å²) < 4.78 is 1.87. The highest BCUT2D eigenvalue weighted by Gasteiger charge is 2.11. The van der Waals surface area contributed by atoms with E-state index in [4.69, 9.17) is 0 Å². The normalized spacial score (nSPS) is 12.6. The van der Waals surface area contributed by atoms with Crippen molar-refractivity contribution < 1.29 is 5.11 Å². The third kappa shape index (κ3) is 3.17. The van der Waals surface area contributed by atoms with E-state index in [0.717, 1.165) is 25.1 Å². The first-order valence-corrected chi connectivity index (χ1v) is 5.96. The number of rotatable bonds is 5. The molecule has 0 aliphatic rings. The van der Waals surface area contributed by atoms with Gasteiger partial charge in [-0.1, -0.05) is 30.3 Å². The van der Waals surface area contributed by atoms with Crippen LogP contribution in [-0.2, 0) is 13.5 Å². The number of hydrogen-bond donors (Lipinski definition) is 1. The van der Waals surface area contributed by atoms with Crippen LogP contribution in [0.4, 0.5) is 0 Å². The van der Waals surface area contributed by atoms with E-state index in [1.165, 1.54) is 5.56 Å². The van der Waals surface area contributed by atoms with Crippen molar-refractivity contribution in [1.82, 2.24) is 9.55 Å². The molecule has 17 heavy (non-hydrogen) atoms. The van der Waals surface area contributed by atoms with E-state index in [2.05, 4.69) is 17.1 Å². The van der Waals surface area contributed by atoms with Gasteiger partial charge < -0.3 is 9.67 Å². The summed E-state index contributed by atoms with van der Waals surface area (Å²) in [6, 6.07) is 10.3. The molecule has 3 nitrogen and oxygen atoms in total. The van der Waals surface area contributed by atoms with Crippen molar-refractivity contribution in [3.8, 4) is 0 Å². The minimum absolute atomic E-state index is 0.460. The average molecular weight is 230 g/mol. The van der Waals surface area contributed by atoms with Gasteiger partial charge in [-0.25, -0.2) is 4.98 Å². The van der Waals surface area contributed by atoms with Crippen LogP contribution in [0.15, 0.2) is 42.7 Å². The molecule has 0 radical (unpaired) electrons. The van der Waals surface area contributed by atoms with Gasteiger partial charge in [0.2, 0.25) is 0 Å². The molecule has 0 bridgehead atoms. The lowest BCUT2D eigenvalue weighted by Crippen LogP contribution is -2.05. The van der Waals surface area contributed by atoms with E-state index in [0.29, 0.717) is 0 Å². The molecule has 1 atom stereocenters. The number of nitrogens with zero attached hydrogens (tertiary/aromatic N) is 2. The molecule has 0 saturated carbocycles. The van der Waals surface area contributed by atoms with Gasteiger partial charge in [0.1, 0.15) is 11.9 Å². The zero-order valence-corrected chi connectivity index (χ0v) is 10.1. The van der Waals surface area contributed by atoms with Gasteiger partial charge in [0.05, 0.1) is 0 Å². The van der Waals surface area contributed by atoms with Crippen LogP contribution in [0.5, 0.6) is 0 Å². The van der Waals surface area contributed by atoms with Gasteiger partial charge in [-0.05, 0) is 24.8 Å². The molecule has 1 aromatic carbocycles. The van der Waals surface area contributed by atoms with Gasteiger partial charge in [-0.3, -0.25) is 0 Å². The molecule has 1 aromatic heterocycles. The maximum atomic E-state index is 9.98. The molecule has 0 aliphatic carbocycles. The highest BCUT2D eigenvalue weighted by molar-refractivity contribution is 5.14. The molecule has 0 fully saturated rings. The van der Waals surface area contributed by atoms with Gasteiger partial charge in [0, 0.05) is 19.4 Å². The molecular weight excluding hydrogens is 212 g/mol. The Kier molecular flexibility index (Phi) is 3.94. The molecule has 0 aliphatic heterocycles. The first-order valence-electron chi connectivity index (χ1n) is 5.96. The number of aromatic nitrogens is 2. The third-order valence-electron chi connectivity index (χ3n) is 2.94. The minimum atomic E-state index is -0.460. The molecule has 90 valence electrons. The molecule has 2 rings (SSSR count). The highest BCUT2D eigenvalue weighted by Crippen LogP contribution is 2.17. The maximum absolute atomic E-state index is 9.98. The summed E-state index contributed by atoms with van der Waals surface area (Å²) in [5.74, 6) is 0.748. The predicted octanol–water partition coefficient (Wildman–Crippen LogP) is 2.48. The number of imidazole rings is 1. The van der Waals surface area contributed by atoms with E-state index < -0.39 is 6.10 Å².